The molecule has 0 aromatic rings. The summed E-state index contributed by atoms with van der Waals surface area (Å²) in [5.41, 5.74) is 5.38. The molecule has 1 aliphatic heterocycles. The van der Waals surface area contributed by atoms with E-state index in [0.717, 1.165) is 26.2 Å². The molecule has 1 heterocycles. The third kappa shape index (κ3) is 5.02. The first-order chi connectivity index (χ1) is 8.00. The fraction of sp³-hybridized carbons (Fsp3) is 0.917. The summed E-state index contributed by atoms with van der Waals surface area (Å²) < 4.78 is 5.40. The molecule has 0 aromatic carbocycles. The fourth-order valence-corrected chi connectivity index (χ4v) is 2.18. The maximum atomic E-state index is 11.3. The van der Waals surface area contributed by atoms with Crippen molar-refractivity contribution in [3.8, 4) is 0 Å². The molecule has 0 radical (unpaired) electrons. The number of amides is 1. The lowest BCUT2D eigenvalue weighted by atomic mass is 10.0. The third-order valence-electron chi connectivity index (χ3n) is 3.07. The molecule has 4 N–H and O–H groups in total. The molecule has 0 saturated carbocycles. The van der Waals surface area contributed by atoms with Crippen molar-refractivity contribution in [3.63, 3.8) is 0 Å². The molecule has 1 amide bonds. The summed E-state index contributed by atoms with van der Waals surface area (Å²) in [4.78, 5) is 11.3. The van der Waals surface area contributed by atoms with E-state index in [-0.39, 0.29) is 23.9 Å². The van der Waals surface area contributed by atoms with Crippen LogP contribution in [0.4, 0.5) is 0 Å². The number of carbonyl (C=O) groups excluding carboxylic acids is 1. The topological polar surface area (TPSA) is 76.4 Å². The number of hydrogen-bond acceptors (Lipinski definition) is 4. The molecule has 0 bridgehead atoms. The van der Waals surface area contributed by atoms with Crippen LogP contribution in [0.1, 0.15) is 27.2 Å². The average Bonchev–Trinajstić information content (AvgIpc) is 2.26. The molecule has 1 rings (SSSR count). The van der Waals surface area contributed by atoms with Crippen molar-refractivity contribution in [3.05, 3.63) is 0 Å². The van der Waals surface area contributed by atoms with Crippen molar-refractivity contribution in [2.45, 2.75) is 45.3 Å². The number of carbonyl (C=O) groups is 1. The predicted molar refractivity (Wildman–Crippen MR) is 67.6 cm³/mol. The van der Waals surface area contributed by atoms with Crippen LogP contribution in [0.3, 0.4) is 0 Å². The van der Waals surface area contributed by atoms with Crippen molar-refractivity contribution in [1.82, 2.24) is 10.6 Å². The minimum Gasteiger partial charge on any atom is -0.379 e. The average molecular weight is 243 g/mol. The Hall–Kier alpha value is -0.650. The minimum absolute atomic E-state index is 0.213. The molecule has 0 spiro atoms. The van der Waals surface area contributed by atoms with Crippen LogP contribution in [0.5, 0.6) is 0 Å². The lowest BCUT2D eigenvalue weighted by Gasteiger charge is -2.29. The normalized spacial score (nSPS) is 24.6. The Kier molecular flexibility index (Phi) is 5.88. The van der Waals surface area contributed by atoms with E-state index < -0.39 is 0 Å². The van der Waals surface area contributed by atoms with Crippen molar-refractivity contribution < 1.29 is 9.53 Å². The lowest BCUT2D eigenvalue weighted by molar-refractivity contribution is -0.121. The summed E-state index contributed by atoms with van der Waals surface area (Å²) in [6, 6.07) is 0.357. The SMILES string of the molecule is CC(CC1COCCN1)NC(C(N)=O)C(C)C. The number of hydrogen-bond donors (Lipinski definition) is 3. The molecule has 17 heavy (non-hydrogen) atoms. The number of nitrogens with two attached hydrogens (primary N) is 1. The molecule has 100 valence electrons. The van der Waals surface area contributed by atoms with Gasteiger partial charge in [-0.25, -0.2) is 0 Å². The highest BCUT2D eigenvalue weighted by Crippen LogP contribution is 2.07. The van der Waals surface area contributed by atoms with Gasteiger partial charge in [-0.05, 0) is 19.3 Å². The highest BCUT2D eigenvalue weighted by molar-refractivity contribution is 5.80. The summed E-state index contributed by atoms with van der Waals surface area (Å²) in [6.07, 6.45) is 0.941. The summed E-state index contributed by atoms with van der Waals surface area (Å²) in [5.74, 6) is -0.0646. The van der Waals surface area contributed by atoms with Gasteiger partial charge < -0.3 is 21.1 Å². The molecular formula is C12H25N3O2. The van der Waals surface area contributed by atoms with Gasteiger partial charge in [0.15, 0.2) is 0 Å². The smallest absolute Gasteiger partial charge is 0.234 e. The Labute approximate surface area is 103 Å². The van der Waals surface area contributed by atoms with E-state index >= 15 is 0 Å². The number of primary amides is 1. The largest absolute Gasteiger partial charge is 0.379 e. The Balaban J connectivity index is 2.35. The maximum absolute atomic E-state index is 11.3. The Morgan fingerprint density at radius 1 is 1.53 bits per heavy atom. The zero-order valence-corrected chi connectivity index (χ0v) is 11.0. The first kappa shape index (κ1) is 14.4. The summed E-state index contributed by atoms with van der Waals surface area (Å²) in [5, 5.41) is 6.69. The second-order valence-electron chi connectivity index (χ2n) is 5.15. The number of ether oxygens (including phenoxy) is 1. The van der Waals surface area contributed by atoms with Crippen LogP contribution >= 0.6 is 0 Å². The van der Waals surface area contributed by atoms with Gasteiger partial charge in [-0.15, -0.1) is 0 Å². The van der Waals surface area contributed by atoms with E-state index in [2.05, 4.69) is 17.6 Å². The maximum Gasteiger partial charge on any atom is 0.234 e. The van der Waals surface area contributed by atoms with Gasteiger partial charge in [0.25, 0.3) is 0 Å². The standard InChI is InChI=1S/C12H25N3O2/c1-8(2)11(12(13)16)15-9(3)6-10-7-17-5-4-14-10/h8-11,14-15H,4-7H2,1-3H3,(H2,13,16). The van der Waals surface area contributed by atoms with Crippen LogP contribution in [-0.2, 0) is 9.53 Å². The number of morpholine rings is 1. The van der Waals surface area contributed by atoms with E-state index in [1.165, 1.54) is 0 Å². The van der Waals surface area contributed by atoms with Gasteiger partial charge in [0.05, 0.1) is 19.3 Å². The van der Waals surface area contributed by atoms with Gasteiger partial charge in [-0.1, -0.05) is 13.8 Å². The van der Waals surface area contributed by atoms with Gasteiger partial charge in [0.1, 0.15) is 0 Å². The van der Waals surface area contributed by atoms with Crippen LogP contribution in [0.15, 0.2) is 0 Å². The van der Waals surface area contributed by atoms with Gasteiger partial charge in [0, 0.05) is 18.6 Å². The molecule has 5 nitrogen and oxygen atoms in total. The first-order valence-corrected chi connectivity index (χ1v) is 6.37. The molecule has 0 aromatic heterocycles. The van der Waals surface area contributed by atoms with Gasteiger partial charge in [-0.3, -0.25) is 4.79 Å². The molecule has 0 aliphatic carbocycles. The van der Waals surface area contributed by atoms with E-state index in [1.807, 2.05) is 13.8 Å². The monoisotopic (exact) mass is 243 g/mol. The molecule has 3 unspecified atom stereocenters. The van der Waals surface area contributed by atoms with E-state index in [0.29, 0.717) is 6.04 Å². The molecular weight excluding hydrogens is 218 g/mol. The number of rotatable bonds is 6. The molecule has 1 saturated heterocycles. The van der Waals surface area contributed by atoms with Crippen molar-refractivity contribution in [1.29, 1.82) is 0 Å². The van der Waals surface area contributed by atoms with Crippen molar-refractivity contribution in [2.75, 3.05) is 19.8 Å². The number of nitrogens with one attached hydrogen (secondary N) is 2. The summed E-state index contributed by atoms with van der Waals surface area (Å²) >= 11 is 0. The van der Waals surface area contributed by atoms with E-state index in [1.54, 1.807) is 0 Å². The fourth-order valence-electron chi connectivity index (χ4n) is 2.18. The van der Waals surface area contributed by atoms with Gasteiger partial charge >= 0.3 is 0 Å². The second-order valence-corrected chi connectivity index (χ2v) is 5.15. The van der Waals surface area contributed by atoms with E-state index in [9.17, 15) is 4.79 Å². The second kappa shape index (κ2) is 6.93. The lowest BCUT2D eigenvalue weighted by Crippen LogP contribution is -2.51. The zero-order chi connectivity index (χ0) is 12.8. The van der Waals surface area contributed by atoms with Crippen LogP contribution in [-0.4, -0.2) is 43.8 Å². The molecule has 1 fully saturated rings. The van der Waals surface area contributed by atoms with Gasteiger partial charge in [-0.2, -0.15) is 0 Å². The predicted octanol–water partition coefficient (Wildman–Crippen LogP) is -0.147. The third-order valence-corrected chi connectivity index (χ3v) is 3.07. The Bertz CT molecular complexity index is 240. The highest BCUT2D eigenvalue weighted by Gasteiger charge is 2.23. The molecule has 5 heteroatoms. The van der Waals surface area contributed by atoms with Crippen LogP contribution in [0.25, 0.3) is 0 Å². The van der Waals surface area contributed by atoms with E-state index in [4.69, 9.17) is 10.5 Å². The van der Waals surface area contributed by atoms with Crippen molar-refractivity contribution in [2.24, 2.45) is 11.7 Å². The van der Waals surface area contributed by atoms with Crippen LogP contribution in [0.2, 0.25) is 0 Å². The first-order valence-electron chi connectivity index (χ1n) is 6.37. The van der Waals surface area contributed by atoms with Crippen LogP contribution < -0.4 is 16.4 Å². The van der Waals surface area contributed by atoms with Crippen LogP contribution in [0, 0.1) is 5.92 Å². The molecule has 3 atom stereocenters. The minimum atomic E-state index is -0.278. The highest BCUT2D eigenvalue weighted by atomic mass is 16.5. The quantitative estimate of drug-likeness (QED) is 0.606. The van der Waals surface area contributed by atoms with Gasteiger partial charge in [0.2, 0.25) is 5.91 Å². The Morgan fingerprint density at radius 2 is 2.24 bits per heavy atom. The zero-order valence-electron chi connectivity index (χ0n) is 11.0. The summed E-state index contributed by atoms with van der Waals surface area (Å²) in [6.45, 7) is 8.51. The Morgan fingerprint density at radius 3 is 2.71 bits per heavy atom. The summed E-state index contributed by atoms with van der Waals surface area (Å²) in [7, 11) is 0. The molecule has 1 aliphatic rings. The van der Waals surface area contributed by atoms with Crippen molar-refractivity contribution >= 4 is 5.91 Å².